The first-order valence-corrected chi connectivity index (χ1v) is 9.07. The van der Waals surface area contributed by atoms with E-state index in [0.717, 1.165) is 0 Å². The molecule has 0 spiro atoms. The molecule has 1 saturated heterocycles. The fraction of sp³-hybridized carbons (Fsp3) is 0.538. The average Bonchev–Trinajstić information content (AvgIpc) is 2.54. The third-order valence-electron chi connectivity index (χ3n) is 3.66. The molecule has 1 unspecified atom stereocenters. The quantitative estimate of drug-likeness (QED) is 0.665. The summed E-state index contributed by atoms with van der Waals surface area (Å²) in [5.41, 5.74) is 11.0. The van der Waals surface area contributed by atoms with Crippen molar-refractivity contribution in [2.75, 3.05) is 31.9 Å². The predicted octanol–water partition coefficient (Wildman–Crippen LogP) is -0.207. The summed E-state index contributed by atoms with van der Waals surface area (Å²) in [7, 11) is -3.85. The highest BCUT2D eigenvalue weighted by Gasteiger charge is 2.34. The Morgan fingerprint density at radius 2 is 2.26 bits per heavy atom. The van der Waals surface area contributed by atoms with Crippen LogP contribution in [0.25, 0.3) is 0 Å². The maximum atomic E-state index is 12.7. The fourth-order valence-electron chi connectivity index (χ4n) is 2.49. The number of sulfonamides is 1. The molecule has 0 aromatic carbocycles. The van der Waals surface area contributed by atoms with Crippen molar-refractivity contribution in [3.8, 4) is 0 Å². The number of nitrogens with zero attached hydrogens (tertiary/aromatic N) is 2. The molecule has 5 N–H and O–H groups in total. The summed E-state index contributed by atoms with van der Waals surface area (Å²) in [5, 5.41) is 2.88. The zero-order valence-electron chi connectivity index (χ0n) is 12.5. The molecule has 10 heteroatoms. The molecule has 1 aromatic rings. The van der Waals surface area contributed by atoms with E-state index in [1.165, 1.54) is 16.6 Å². The minimum absolute atomic E-state index is 0.102. The van der Waals surface area contributed by atoms with Gasteiger partial charge in [0.2, 0.25) is 15.9 Å². The Kier molecular flexibility index (Phi) is 5.79. The molecule has 128 valence electrons. The lowest BCUT2D eigenvalue weighted by Gasteiger charge is -2.31. The minimum Gasteiger partial charge on any atom is -0.383 e. The van der Waals surface area contributed by atoms with Crippen LogP contribution < -0.4 is 16.8 Å². The molecular weight excluding hydrogens is 342 g/mol. The summed E-state index contributed by atoms with van der Waals surface area (Å²) in [4.78, 5) is 15.7. The van der Waals surface area contributed by atoms with Gasteiger partial charge in [-0.25, -0.2) is 13.4 Å². The Hall–Kier alpha value is -1.42. The van der Waals surface area contributed by atoms with Gasteiger partial charge in [-0.05, 0) is 18.9 Å². The van der Waals surface area contributed by atoms with Gasteiger partial charge in [-0.2, -0.15) is 4.31 Å². The van der Waals surface area contributed by atoms with Gasteiger partial charge >= 0.3 is 0 Å². The zero-order chi connectivity index (χ0) is 17.0. The van der Waals surface area contributed by atoms with Gasteiger partial charge < -0.3 is 16.8 Å². The summed E-state index contributed by atoms with van der Waals surface area (Å²) >= 11 is 5.82. The number of nitrogen functional groups attached to an aromatic ring is 1. The zero-order valence-corrected chi connectivity index (χ0v) is 14.1. The number of halogens is 1. The molecule has 0 aliphatic carbocycles. The van der Waals surface area contributed by atoms with Crippen LogP contribution in [0.15, 0.2) is 17.2 Å². The van der Waals surface area contributed by atoms with Crippen molar-refractivity contribution in [2.24, 2.45) is 11.7 Å². The van der Waals surface area contributed by atoms with E-state index in [-0.39, 0.29) is 28.2 Å². The summed E-state index contributed by atoms with van der Waals surface area (Å²) in [6.07, 6.45) is 2.51. The largest absolute Gasteiger partial charge is 0.383 e. The van der Waals surface area contributed by atoms with Crippen molar-refractivity contribution < 1.29 is 13.2 Å². The molecule has 1 aromatic heterocycles. The monoisotopic (exact) mass is 361 g/mol. The van der Waals surface area contributed by atoms with E-state index in [2.05, 4.69) is 10.3 Å². The molecule has 0 saturated carbocycles. The highest BCUT2D eigenvalue weighted by Crippen LogP contribution is 2.27. The molecule has 2 rings (SSSR count). The number of nitrogens with two attached hydrogens (primary N) is 2. The number of amides is 1. The maximum absolute atomic E-state index is 12.7. The number of aromatic nitrogens is 1. The topological polar surface area (TPSA) is 131 Å². The highest BCUT2D eigenvalue weighted by molar-refractivity contribution is 7.89. The van der Waals surface area contributed by atoms with Crippen LogP contribution in [-0.2, 0) is 14.8 Å². The minimum atomic E-state index is -3.85. The summed E-state index contributed by atoms with van der Waals surface area (Å²) in [6.45, 7) is 1.14. The van der Waals surface area contributed by atoms with E-state index < -0.39 is 15.9 Å². The molecule has 0 radical (unpaired) electrons. The molecule has 1 aliphatic rings. The van der Waals surface area contributed by atoms with Gasteiger partial charge in [0.05, 0.1) is 10.9 Å². The number of nitrogens with one attached hydrogen (secondary N) is 1. The van der Waals surface area contributed by atoms with Gasteiger partial charge in [0, 0.05) is 32.4 Å². The number of rotatable bonds is 5. The van der Waals surface area contributed by atoms with Crippen LogP contribution in [-0.4, -0.2) is 49.8 Å². The van der Waals surface area contributed by atoms with Crippen LogP contribution in [0.4, 0.5) is 5.82 Å². The molecule has 1 aliphatic heterocycles. The van der Waals surface area contributed by atoms with E-state index in [9.17, 15) is 13.2 Å². The number of hydrogen-bond donors (Lipinski definition) is 3. The molecule has 1 atom stereocenters. The lowest BCUT2D eigenvalue weighted by Crippen LogP contribution is -2.46. The van der Waals surface area contributed by atoms with Gasteiger partial charge in [0.15, 0.2) is 0 Å². The Balaban J connectivity index is 2.19. The van der Waals surface area contributed by atoms with Crippen LogP contribution in [0.1, 0.15) is 12.8 Å². The van der Waals surface area contributed by atoms with E-state index in [4.69, 9.17) is 23.1 Å². The van der Waals surface area contributed by atoms with Gasteiger partial charge in [-0.15, -0.1) is 0 Å². The number of hydrogen-bond acceptors (Lipinski definition) is 6. The van der Waals surface area contributed by atoms with Crippen LogP contribution in [0.5, 0.6) is 0 Å². The van der Waals surface area contributed by atoms with Crippen LogP contribution >= 0.6 is 11.6 Å². The maximum Gasteiger partial charge on any atom is 0.246 e. The second-order valence-electron chi connectivity index (χ2n) is 5.32. The van der Waals surface area contributed by atoms with Gasteiger partial charge in [-0.3, -0.25) is 4.79 Å². The van der Waals surface area contributed by atoms with Crippen LogP contribution in [0.2, 0.25) is 5.02 Å². The van der Waals surface area contributed by atoms with E-state index >= 15 is 0 Å². The molecular formula is C13H20ClN5O3S. The number of piperidine rings is 1. The second-order valence-corrected chi connectivity index (χ2v) is 7.66. The third kappa shape index (κ3) is 4.11. The molecule has 0 bridgehead atoms. The SMILES string of the molecule is NCCNC(=O)C1CCCN(S(=O)(=O)c2cc(Cl)cnc2N)C1. The summed E-state index contributed by atoms with van der Waals surface area (Å²) in [6, 6.07) is 1.28. The fourth-order valence-corrected chi connectivity index (χ4v) is 4.33. The van der Waals surface area contributed by atoms with Crippen molar-refractivity contribution in [1.29, 1.82) is 0 Å². The molecule has 1 fully saturated rings. The van der Waals surface area contributed by atoms with Gasteiger partial charge in [0.1, 0.15) is 10.7 Å². The van der Waals surface area contributed by atoms with Crippen LogP contribution in [0.3, 0.4) is 0 Å². The standard InChI is InChI=1S/C13H20ClN5O3S/c14-10-6-11(12(16)18-7-10)23(21,22)19-5-1-2-9(8-19)13(20)17-4-3-15/h6-7,9H,1-5,8,15H2,(H2,16,18)(H,17,20). The Bertz CT molecular complexity index is 682. The van der Waals surface area contributed by atoms with E-state index in [1.807, 2.05) is 0 Å². The summed E-state index contributed by atoms with van der Waals surface area (Å²) in [5.74, 6) is -0.699. The first-order chi connectivity index (χ1) is 10.9. The first-order valence-electron chi connectivity index (χ1n) is 7.25. The Morgan fingerprint density at radius 1 is 1.52 bits per heavy atom. The average molecular weight is 362 g/mol. The van der Waals surface area contributed by atoms with E-state index in [0.29, 0.717) is 32.5 Å². The first kappa shape index (κ1) is 17.9. The van der Waals surface area contributed by atoms with Crippen LogP contribution in [0, 0.1) is 5.92 Å². The number of pyridine rings is 1. The smallest absolute Gasteiger partial charge is 0.246 e. The number of carbonyl (C=O) groups is 1. The Labute approximate surface area is 140 Å². The lowest BCUT2D eigenvalue weighted by atomic mass is 9.99. The lowest BCUT2D eigenvalue weighted by molar-refractivity contribution is -0.126. The second kappa shape index (κ2) is 7.43. The van der Waals surface area contributed by atoms with Crippen molar-refractivity contribution in [1.82, 2.24) is 14.6 Å². The molecule has 8 nitrogen and oxygen atoms in total. The van der Waals surface area contributed by atoms with Crippen molar-refractivity contribution in [3.05, 3.63) is 17.3 Å². The van der Waals surface area contributed by atoms with Crippen molar-refractivity contribution >= 4 is 33.3 Å². The van der Waals surface area contributed by atoms with E-state index in [1.54, 1.807) is 0 Å². The third-order valence-corrected chi connectivity index (χ3v) is 5.77. The summed E-state index contributed by atoms with van der Waals surface area (Å²) < 4.78 is 26.7. The highest BCUT2D eigenvalue weighted by atomic mass is 35.5. The molecule has 23 heavy (non-hydrogen) atoms. The number of carbonyl (C=O) groups excluding carboxylic acids is 1. The number of anilines is 1. The normalized spacial score (nSPS) is 19.5. The van der Waals surface area contributed by atoms with Crippen molar-refractivity contribution in [3.63, 3.8) is 0 Å². The Morgan fingerprint density at radius 3 is 2.96 bits per heavy atom. The van der Waals surface area contributed by atoms with Gasteiger partial charge in [0.25, 0.3) is 0 Å². The van der Waals surface area contributed by atoms with Crippen molar-refractivity contribution in [2.45, 2.75) is 17.7 Å². The molecule has 2 heterocycles. The molecule has 1 amide bonds. The predicted molar refractivity (Wildman–Crippen MR) is 87.2 cm³/mol. The van der Waals surface area contributed by atoms with Gasteiger partial charge in [-0.1, -0.05) is 11.6 Å².